The summed E-state index contributed by atoms with van der Waals surface area (Å²) in [4.78, 5) is 10.6. The van der Waals surface area contributed by atoms with Gasteiger partial charge in [0.05, 0.1) is 14.2 Å². The van der Waals surface area contributed by atoms with Crippen LogP contribution in [0.4, 0.5) is 4.79 Å². The monoisotopic (exact) mass is 237 g/mol. The first kappa shape index (κ1) is 12.8. The maximum Gasteiger partial charge on any atom is 0.427 e. The number of hydrogen-bond acceptors (Lipinski definition) is 4. The number of methoxy groups -OCH3 is 2. The molecule has 1 aromatic rings. The van der Waals surface area contributed by atoms with Crippen LogP contribution in [0.5, 0.6) is 5.75 Å². The van der Waals surface area contributed by atoms with Crippen molar-refractivity contribution in [3.05, 3.63) is 29.8 Å². The summed E-state index contributed by atoms with van der Waals surface area (Å²) in [7, 11) is 2.90. The van der Waals surface area contributed by atoms with Crippen molar-refractivity contribution in [1.82, 2.24) is 10.7 Å². The molecule has 6 heteroatoms. The van der Waals surface area contributed by atoms with Crippen LogP contribution in [0.3, 0.4) is 0 Å². The zero-order chi connectivity index (χ0) is 12.5. The predicted molar refractivity (Wildman–Crippen MR) is 63.9 cm³/mol. The number of hydrazone groups is 1. The molecule has 0 aliphatic carbocycles. The second kappa shape index (κ2) is 7.10. The van der Waals surface area contributed by atoms with Crippen molar-refractivity contribution in [2.75, 3.05) is 14.2 Å². The van der Waals surface area contributed by atoms with E-state index in [1.54, 1.807) is 7.11 Å². The van der Waals surface area contributed by atoms with Crippen LogP contribution in [0.2, 0.25) is 0 Å². The third-order valence-electron chi connectivity index (χ3n) is 1.96. The molecule has 0 aliphatic rings. The Kier molecular flexibility index (Phi) is 5.36. The number of hydrogen-bond donors (Lipinski definition) is 2. The van der Waals surface area contributed by atoms with Crippen LogP contribution in [-0.4, -0.2) is 26.7 Å². The Labute approximate surface area is 99.6 Å². The number of carbonyl (C=O) groups is 1. The SMILES string of the molecule is COC(=O)N/N=C\NCc1ccc(OC)cc1. The van der Waals surface area contributed by atoms with E-state index in [-0.39, 0.29) is 0 Å². The molecule has 0 bridgehead atoms. The lowest BCUT2D eigenvalue weighted by atomic mass is 10.2. The Morgan fingerprint density at radius 1 is 1.35 bits per heavy atom. The molecule has 0 fully saturated rings. The first-order chi connectivity index (χ1) is 8.26. The van der Waals surface area contributed by atoms with Crippen molar-refractivity contribution in [2.24, 2.45) is 5.10 Å². The Hall–Kier alpha value is -2.24. The lowest BCUT2D eigenvalue weighted by Gasteiger charge is -2.03. The van der Waals surface area contributed by atoms with Crippen molar-refractivity contribution < 1.29 is 14.3 Å². The van der Waals surface area contributed by atoms with E-state index in [9.17, 15) is 4.79 Å². The third-order valence-corrected chi connectivity index (χ3v) is 1.96. The fourth-order valence-corrected chi connectivity index (χ4v) is 1.08. The minimum atomic E-state index is -0.604. The fourth-order valence-electron chi connectivity index (χ4n) is 1.08. The quantitative estimate of drug-likeness (QED) is 0.456. The van der Waals surface area contributed by atoms with E-state index >= 15 is 0 Å². The van der Waals surface area contributed by atoms with Crippen molar-refractivity contribution in [3.8, 4) is 5.75 Å². The van der Waals surface area contributed by atoms with E-state index in [4.69, 9.17) is 4.74 Å². The lowest BCUT2D eigenvalue weighted by molar-refractivity contribution is 0.171. The molecule has 1 amide bonds. The molecule has 1 aromatic carbocycles. The summed E-state index contributed by atoms with van der Waals surface area (Å²) in [5, 5.41) is 6.52. The third kappa shape index (κ3) is 4.87. The fraction of sp³-hybridized carbons (Fsp3) is 0.273. The summed E-state index contributed by atoms with van der Waals surface area (Å²) < 4.78 is 9.38. The van der Waals surface area contributed by atoms with Gasteiger partial charge in [0.2, 0.25) is 0 Å². The zero-order valence-electron chi connectivity index (χ0n) is 9.77. The van der Waals surface area contributed by atoms with Gasteiger partial charge in [-0.2, -0.15) is 5.10 Å². The molecule has 17 heavy (non-hydrogen) atoms. The van der Waals surface area contributed by atoms with Crippen molar-refractivity contribution >= 4 is 12.4 Å². The number of benzene rings is 1. The van der Waals surface area contributed by atoms with Gasteiger partial charge in [-0.25, -0.2) is 10.2 Å². The molecule has 0 saturated heterocycles. The average Bonchev–Trinajstić information content (AvgIpc) is 2.38. The van der Waals surface area contributed by atoms with Crippen molar-refractivity contribution in [3.63, 3.8) is 0 Å². The van der Waals surface area contributed by atoms with Gasteiger partial charge < -0.3 is 14.8 Å². The van der Waals surface area contributed by atoms with Gasteiger partial charge in [0.1, 0.15) is 12.1 Å². The normalized spacial score (nSPS) is 10.0. The van der Waals surface area contributed by atoms with Crippen LogP contribution in [0.1, 0.15) is 5.56 Å². The van der Waals surface area contributed by atoms with Crippen LogP contribution in [0.25, 0.3) is 0 Å². The first-order valence-corrected chi connectivity index (χ1v) is 4.98. The number of amides is 1. The number of carbonyl (C=O) groups excluding carboxylic acids is 1. The number of rotatable bonds is 5. The van der Waals surface area contributed by atoms with Gasteiger partial charge in [-0.15, -0.1) is 0 Å². The Balaban J connectivity index is 2.28. The largest absolute Gasteiger partial charge is 0.497 e. The van der Waals surface area contributed by atoms with Crippen LogP contribution in [0, 0.1) is 0 Å². The zero-order valence-corrected chi connectivity index (χ0v) is 9.77. The predicted octanol–water partition coefficient (Wildman–Crippen LogP) is 1.08. The molecule has 0 radical (unpaired) electrons. The smallest absolute Gasteiger partial charge is 0.427 e. The van der Waals surface area contributed by atoms with Gasteiger partial charge in [0.15, 0.2) is 0 Å². The summed E-state index contributed by atoms with van der Waals surface area (Å²) in [5.74, 6) is 0.815. The maximum atomic E-state index is 10.6. The van der Waals surface area contributed by atoms with E-state index < -0.39 is 6.09 Å². The molecule has 0 saturated carbocycles. The van der Waals surface area contributed by atoms with Crippen LogP contribution < -0.4 is 15.5 Å². The molecule has 92 valence electrons. The van der Waals surface area contributed by atoms with Gasteiger partial charge in [0, 0.05) is 6.54 Å². The second-order valence-corrected chi connectivity index (χ2v) is 3.09. The van der Waals surface area contributed by atoms with Gasteiger partial charge in [0.25, 0.3) is 0 Å². The molecule has 0 spiro atoms. The van der Waals surface area contributed by atoms with E-state index in [0.717, 1.165) is 11.3 Å². The Bertz CT molecular complexity index is 376. The van der Waals surface area contributed by atoms with Crippen LogP contribution >= 0.6 is 0 Å². The Morgan fingerprint density at radius 2 is 2.06 bits per heavy atom. The molecule has 0 heterocycles. The molecule has 1 rings (SSSR count). The van der Waals surface area contributed by atoms with E-state index in [1.165, 1.54) is 13.4 Å². The van der Waals surface area contributed by atoms with E-state index in [1.807, 2.05) is 24.3 Å². The summed E-state index contributed by atoms with van der Waals surface area (Å²) in [6.07, 6.45) is 0.786. The standard InChI is InChI=1S/C11H15N3O3/c1-16-10-5-3-9(4-6-10)7-12-8-13-14-11(15)17-2/h3-6,8H,7H2,1-2H3,(H,12,13)(H,14,15). The molecule has 0 aliphatic heterocycles. The highest BCUT2D eigenvalue weighted by Gasteiger charge is 1.93. The van der Waals surface area contributed by atoms with Crippen molar-refractivity contribution in [2.45, 2.75) is 6.54 Å². The van der Waals surface area contributed by atoms with Gasteiger partial charge >= 0.3 is 6.09 Å². The first-order valence-electron chi connectivity index (χ1n) is 4.98. The molecule has 0 unspecified atom stereocenters. The Morgan fingerprint density at radius 3 is 2.65 bits per heavy atom. The highest BCUT2D eigenvalue weighted by Crippen LogP contribution is 2.10. The molecule has 0 atom stereocenters. The molecule has 0 aromatic heterocycles. The topological polar surface area (TPSA) is 72.0 Å². The summed E-state index contributed by atoms with van der Waals surface area (Å²) in [6.45, 7) is 0.607. The second-order valence-electron chi connectivity index (χ2n) is 3.09. The summed E-state index contributed by atoms with van der Waals surface area (Å²) in [5.41, 5.74) is 3.24. The molecule has 2 N–H and O–H groups in total. The molecular weight excluding hydrogens is 222 g/mol. The highest BCUT2D eigenvalue weighted by molar-refractivity contribution is 5.68. The van der Waals surface area contributed by atoms with Crippen LogP contribution in [0.15, 0.2) is 29.4 Å². The number of nitrogens with zero attached hydrogens (tertiary/aromatic N) is 1. The number of nitrogens with one attached hydrogen (secondary N) is 2. The molecular formula is C11H15N3O3. The number of ether oxygens (including phenoxy) is 2. The molecule has 6 nitrogen and oxygen atoms in total. The van der Waals surface area contributed by atoms with Crippen LogP contribution in [-0.2, 0) is 11.3 Å². The van der Waals surface area contributed by atoms with Crippen molar-refractivity contribution in [1.29, 1.82) is 0 Å². The average molecular weight is 237 g/mol. The van der Waals surface area contributed by atoms with E-state index in [2.05, 4.69) is 20.6 Å². The maximum absolute atomic E-state index is 10.6. The van der Waals surface area contributed by atoms with Gasteiger partial charge in [-0.3, -0.25) is 0 Å². The minimum Gasteiger partial charge on any atom is -0.497 e. The summed E-state index contributed by atoms with van der Waals surface area (Å²) >= 11 is 0. The highest BCUT2D eigenvalue weighted by atomic mass is 16.5. The minimum absolute atomic E-state index is 0.604. The van der Waals surface area contributed by atoms with Gasteiger partial charge in [-0.1, -0.05) is 12.1 Å². The summed E-state index contributed by atoms with van der Waals surface area (Å²) in [6, 6.07) is 7.63. The van der Waals surface area contributed by atoms with E-state index in [0.29, 0.717) is 6.54 Å². The van der Waals surface area contributed by atoms with Gasteiger partial charge in [-0.05, 0) is 17.7 Å². The lowest BCUT2D eigenvalue weighted by Crippen LogP contribution is -2.20.